The van der Waals surface area contributed by atoms with Gasteiger partial charge in [-0.05, 0) is 60.0 Å². The average Bonchev–Trinajstić information content (AvgIpc) is 3.44. The molecular formula is C21H21F3N6OS. The van der Waals surface area contributed by atoms with E-state index in [1.807, 2.05) is 36.1 Å². The van der Waals surface area contributed by atoms with Gasteiger partial charge in [-0.3, -0.25) is 4.79 Å². The number of tetrazole rings is 1. The van der Waals surface area contributed by atoms with E-state index in [-0.39, 0.29) is 11.7 Å². The molecular weight excluding hydrogens is 441 g/mol. The second kappa shape index (κ2) is 9.19. The first kappa shape index (κ1) is 22.1. The molecule has 1 aliphatic heterocycles. The summed E-state index contributed by atoms with van der Waals surface area (Å²) in [6, 6.07) is 11.0. The van der Waals surface area contributed by atoms with Crippen molar-refractivity contribution in [3.63, 3.8) is 0 Å². The number of carbonyl (C=O) groups is 1. The van der Waals surface area contributed by atoms with Crippen LogP contribution in [0.15, 0.2) is 47.6 Å². The van der Waals surface area contributed by atoms with E-state index in [2.05, 4.69) is 20.8 Å². The molecule has 7 nitrogen and oxygen atoms in total. The minimum atomic E-state index is -4.44. The Morgan fingerprint density at radius 2 is 1.88 bits per heavy atom. The maximum absolute atomic E-state index is 13.2. The molecule has 3 aromatic rings. The number of para-hydroxylation sites is 1. The lowest BCUT2D eigenvalue weighted by atomic mass is 10.1. The Hall–Kier alpha value is -3.08. The van der Waals surface area contributed by atoms with Crippen molar-refractivity contribution in [2.45, 2.75) is 31.1 Å². The first-order valence-electron chi connectivity index (χ1n) is 10.1. The van der Waals surface area contributed by atoms with Gasteiger partial charge in [0.15, 0.2) is 0 Å². The van der Waals surface area contributed by atoms with Crippen LogP contribution in [0.2, 0.25) is 0 Å². The lowest BCUT2D eigenvalue weighted by molar-refractivity contribution is -0.137. The van der Waals surface area contributed by atoms with Crippen molar-refractivity contribution >= 4 is 29.0 Å². The van der Waals surface area contributed by atoms with Crippen molar-refractivity contribution in [3.8, 4) is 5.69 Å². The normalized spacial score (nSPS) is 14.1. The Balaban J connectivity index is 1.48. The molecule has 168 valence electrons. The summed E-state index contributed by atoms with van der Waals surface area (Å²) in [4.78, 5) is 14.5. The number of rotatable bonds is 6. The molecule has 1 amide bonds. The fourth-order valence-corrected chi connectivity index (χ4v) is 4.25. The van der Waals surface area contributed by atoms with Gasteiger partial charge in [-0.2, -0.15) is 17.9 Å². The lowest BCUT2D eigenvalue weighted by Crippen LogP contribution is -2.22. The highest BCUT2D eigenvalue weighted by Crippen LogP contribution is 2.37. The highest BCUT2D eigenvalue weighted by Gasteiger charge is 2.32. The molecule has 1 aliphatic rings. The number of halogens is 3. The van der Waals surface area contributed by atoms with Crippen molar-refractivity contribution in [1.29, 1.82) is 0 Å². The van der Waals surface area contributed by atoms with Crippen LogP contribution in [0.5, 0.6) is 0 Å². The van der Waals surface area contributed by atoms with Crippen LogP contribution in [0.1, 0.15) is 24.0 Å². The zero-order chi connectivity index (χ0) is 22.7. The smallest absolute Gasteiger partial charge is 0.370 e. The van der Waals surface area contributed by atoms with Crippen molar-refractivity contribution < 1.29 is 18.0 Å². The molecule has 0 aliphatic carbocycles. The standard InChI is InChI=1S/C21H21F3N6OS/c1-14-6-2-3-7-17(14)30-20(26-27-28-30)32-13-19(31)25-16-9-8-15(21(22,23)24)12-18(16)29-10-4-5-11-29/h2-3,6-9,12H,4-5,10-11,13H2,1H3,(H,25,31). The topological polar surface area (TPSA) is 75.9 Å². The number of thioether (sulfide) groups is 1. The van der Waals surface area contributed by atoms with Crippen LogP contribution in [0.25, 0.3) is 5.69 Å². The summed E-state index contributed by atoms with van der Waals surface area (Å²) in [6.45, 7) is 3.25. The first-order chi connectivity index (χ1) is 15.3. The molecule has 32 heavy (non-hydrogen) atoms. The average molecular weight is 463 g/mol. The quantitative estimate of drug-likeness (QED) is 0.550. The molecule has 0 bridgehead atoms. The molecule has 1 saturated heterocycles. The first-order valence-corrected chi connectivity index (χ1v) is 11.0. The second-order valence-electron chi connectivity index (χ2n) is 7.42. The molecule has 1 fully saturated rings. The number of nitrogens with zero attached hydrogens (tertiary/aromatic N) is 5. The number of hydrogen-bond donors (Lipinski definition) is 1. The van der Waals surface area contributed by atoms with Crippen molar-refractivity contribution in [2.75, 3.05) is 29.1 Å². The maximum Gasteiger partial charge on any atom is 0.416 e. The molecule has 1 N–H and O–H groups in total. The summed E-state index contributed by atoms with van der Waals surface area (Å²) >= 11 is 1.15. The van der Waals surface area contributed by atoms with Crippen molar-refractivity contribution in [1.82, 2.24) is 20.2 Å². The SMILES string of the molecule is Cc1ccccc1-n1nnnc1SCC(=O)Nc1ccc(C(F)(F)F)cc1N1CCCC1. The monoisotopic (exact) mass is 462 g/mol. The number of benzene rings is 2. The molecule has 2 heterocycles. The van der Waals surface area contributed by atoms with Gasteiger partial charge in [0.1, 0.15) is 0 Å². The third kappa shape index (κ3) is 4.87. The minimum absolute atomic E-state index is 0.00666. The number of anilines is 2. The molecule has 2 aromatic carbocycles. The predicted octanol–water partition coefficient (Wildman–Crippen LogP) is 4.32. The van der Waals surface area contributed by atoms with Gasteiger partial charge in [-0.15, -0.1) is 5.10 Å². The molecule has 0 atom stereocenters. The van der Waals surface area contributed by atoms with Gasteiger partial charge in [0.05, 0.1) is 28.4 Å². The van der Waals surface area contributed by atoms with E-state index in [0.717, 1.165) is 48.0 Å². The summed E-state index contributed by atoms with van der Waals surface area (Å²) in [5.41, 5.74) is 1.80. The number of hydrogen-bond acceptors (Lipinski definition) is 6. The van der Waals surface area contributed by atoms with E-state index in [9.17, 15) is 18.0 Å². The lowest BCUT2D eigenvalue weighted by Gasteiger charge is -2.23. The molecule has 1 aromatic heterocycles. The Kier molecular flexibility index (Phi) is 6.35. The van der Waals surface area contributed by atoms with Crippen molar-refractivity contribution in [2.24, 2.45) is 0 Å². The molecule has 11 heteroatoms. The molecule has 0 saturated carbocycles. The van der Waals surface area contributed by atoms with E-state index in [0.29, 0.717) is 29.6 Å². The summed E-state index contributed by atoms with van der Waals surface area (Å²) in [6.07, 6.45) is -2.64. The summed E-state index contributed by atoms with van der Waals surface area (Å²) in [5, 5.41) is 14.9. The number of aryl methyl sites for hydroxylation is 1. The van der Waals surface area contributed by atoms with Gasteiger partial charge in [0, 0.05) is 13.1 Å². The van der Waals surface area contributed by atoms with E-state index >= 15 is 0 Å². The molecule has 0 spiro atoms. The summed E-state index contributed by atoms with van der Waals surface area (Å²) in [7, 11) is 0. The maximum atomic E-state index is 13.2. The largest absolute Gasteiger partial charge is 0.416 e. The zero-order valence-electron chi connectivity index (χ0n) is 17.3. The Labute approximate surface area is 187 Å². The molecule has 0 unspecified atom stereocenters. The van der Waals surface area contributed by atoms with E-state index in [1.54, 1.807) is 4.68 Å². The van der Waals surface area contributed by atoms with Crippen LogP contribution >= 0.6 is 11.8 Å². The van der Waals surface area contributed by atoms with Crippen LogP contribution in [-0.2, 0) is 11.0 Å². The van der Waals surface area contributed by atoms with Gasteiger partial charge in [0.25, 0.3) is 0 Å². The van der Waals surface area contributed by atoms with Gasteiger partial charge in [-0.1, -0.05) is 30.0 Å². The van der Waals surface area contributed by atoms with Crippen molar-refractivity contribution in [3.05, 3.63) is 53.6 Å². The Morgan fingerprint density at radius 1 is 1.12 bits per heavy atom. The molecule has 4 rings (SSSR count). The fraction of sp³-hybridized carbons (Fsp3) is 0.333. The molecule has 0 radical (unpaired) electrons. The second-order valence-corrected chi connectivity index (χ2v) is 8.36. The number of carbonyl (C=O) groups excluding carboxylic acids is 1. The summed E-state index contributed by atoms with van der Waals surface area (Å²) < 4.78 is 41.2. The van der Waals surface area contributed by atoms with Crippen LogP contribution in [0.4, 0.5) is 24.5 Å². The van der Waals surface area contributed by atoms with Gasteiger partial charge in [-0.25, -0.2) is 0 Å². The zero-order valence-corrected chi connectivity index (χ0v) is 18.1. The van der Waals surface area contributed by atoms with Crippen LogP contribution in [0.3, 0.4) is 0 Å². The number of amides is 1. The highest BCUT2D eigenvalue weighted by molar-refractivity contribution is 7.99. The Morgan fingerprint density at radius 3 is 2.59 bits per heavy atom. The fourth-order valence-electron chi connectivity index (χ4n) is 3.57. The van der Waals surface area contributed by atoms with Gasteiger partial charge >= 0.3 is 6.18 Å². The summed E-state index contributed by atoms with van der Waals surface area (Å²) in [5.74, 6) is -0.346. The van der Waals surface area contributed by atoms with Crippen LogP contribution in [0, 0.1) is 6.92 Å². The van der Waals surface area contributed by atoms with Crippen LogP contribution in [-0.4, -0.2) is 45.0 Å². The van der Waals surface area contributed by atoms with Gasteiger partial charge < -0.3 is 10.2 Å². The highest BCUT2D eigenvalue weighted by atomic mass is 32.2. The van der Waals surface area contributed by atoms with Gasteiger partial charge in [0.2, 0.25) is 11.1 Å². The third-order valence-corrected chi connectivity index (χ3v) is 6.08. The van der Waals surface area contributed by atoms with E-state index in [1.165, 1.54) is 6.07 Å². The van der Waals surface area contributed by atoms with Crippen LogP contribution < -0.4 is 10.2 Å². The van der Waals surface area contributed by atoms with E-state index in [4.69, 9.17) is 0 Å². The number of aromatic nitrogens is 4. The van der Waals surface area contributed by atoms with E-state index < -0.39 is 11.7 Å². The number of nitrogens with one attached hydrogen (secondary N) is 1. The predicted molar refractivity (Wildman–Crippen MR) is 116 cm³/mol. The number of alkyl halides is 3. The third-order valence-electron chi connectivity index (χ3n) is 5.16. The minimum Gasteiger partial charge on any atom is -0.370 e. The Bertz CT molecular complexity index is 1110.